The SMILES string of the molecule is COC(=O)/C=C/c1cn(C2CCCCC2)c(-c2ccc(OCc3cc(OC)ccc3-c3ccc(Cl)cc3)cc2)n1. The summed E-state index contributed by atoms with van der Waals surface area (Å²) in [6.45, 7) is 0.383. The second-order valence-electron chi connectivity index (χ2n) is 9.89. The van der Waals surface area contributed by atoms with Crippen molar-refractivity contribution in [2.75, 3.05) is 14.2 Å². The standard InChI is InChI=1S/C33H33ClN2O4/c1-38-30-17-18-31(23-8-12-26(34)13-9-23)25(20-30)22-40-29-15-10-24(11-16-29)33-35-27(14-19-32(37)39-2)21-36(33)28-6-4-3-5-7-28/h8-21,28H,3-7,22H2,1-2H3/b19-14+. The Balaban J connectivity index is 1.37. The zero-order chi connectivity index (χ0) is 27.9. The van der Waals surface area contributed by atoms with Crippen molar-refractivity contribution >= 4 is 23.6 Å². The molecular weight excluding hydrogens is 524 g/mol. The Morgan fingerprint density at radius 2 is 1.65 bits per heavy atom. The maximum Gasteiger partial charge on any atom is 0.330 e. The summed E-state index contributed by atoms with van der Waals surface area (Å²) >= 11 is 6.10. The largest absolute Gasteiger partial charge is 0.497 e. The smallest absolute Gasteiger partial charge is 0.330 e. The lowest BCUT2D eigenvalue weighted by molar-refractivity contribution is -0.134. The van der Waals surface area contributed by atoms with Gasteiger partial charge in [0.25, 0.3) is 0 Å². The first-order valence-corrected chi connectivity index (χ1v) is 13.9. The van der Waals surface area contributed by atoms with Crippen molar-refractivity contribution < 1.29 is 19.0 Å². The number of carbonyl (C=O) groups excluding carboxylic acids is 1. The van der Waals surface area contributed by atoms with Crippen LogP contribution in [0.4, 0.5) is 0 Å². The number of benzene rings is 3. The van der Waals surface area contributed by atoms with Gasteiger partial charge in [0.2, 0.25) is 0 Å². The van der Waals surface area contributed by atoms with Gasteiger partial charge in [0.15, 0.2) is 0 Å². The highest BCUT2D eigenvalue weighted by molar-refractivity contribution is 6.30. The molecule has 3 aromatic carbocycles. The summed E-state index contributed by atoms with van der Waals surface area (Å²) in [7, 11) is 3.03. The van der Waals surface area contributed by atoms with E-state index >= 15 is 0 Å². The molecule has 1 fully saturated rings. The fraction of sp³-hybridized carbons (Fsp3) is 0.273. The van der Waals surface area contributed by atoms with E-state index in [1.807, 2.05) is 72.9 Å². The first kappa shape index (κ1) is 27.5. The molecule has 0 atom stereocenters. The van der Waals surface area contributed by atoms with E-state index in [9.17, 15) is 4.79 Å². The quantitative estimate of drug-likeness (QED) is 0.154. The molecule has 5 rings (SSSR count). The number of nitrogens with zero attached hydrogens (tertiary/aromatic N) is 2. The second-order valence-corrected chi connectivity index (χ2v) is 10.3. The monoisotopic (exact) mass is 556 g/mol. The summed E-state index contributed by atoms with van der Waals surface area (Å²) in [5.74, 6) is 2.03. The summed E-state index contributed by atoms with van der Waals surface area (Å²) in [5, 5.41) is 0.700. The normalized spacial score (nSPS) is 13.9. The molecule has 1 heterocycles. The number of imidazole rings is 1. The molecule has 0 radical (unpaired) electrons. The minimum Gasteiger partial charge on any atom is -0.497 e. The number of rotatable bonds is 9. The number of hydrogen-bond acceptors (Lipinski definition) is 5. The Kier molecular flexibility index (Phi) is 8.87. The molecule has 0 bridgehead atoms. The summed E-state index contributed by atoms with van der Waals surface area (Å²) < 4.78 is 18.7. The fourth-order valence-electron chi connectivity index (χ4n) is 5.15. The maximum absolute atomic E-state index is 11.6. The average molecular weight is 557 g/mol. The molecule has 7 heteroatoms. The number of aromatic nitrogens is 2. The molecule has 206 valence electrons. The van der Waals surface area contributed by atoms with E-state index in [1.54, 1.807) is 13.2 Å². The number of hydrogen-bond donors (Lipinski definition) is 0. The summed E-state index contributed by atoms with van der Waals surface area (Å²) in [4.78, 5) is 16.5. The van der Waals surface area contributed by atoms with E-state index in [0.717, 1.165) is 58.1 Å². The lowest BCUT2D eigenvalue weighted by atomic mass is 9.95. The van der Waals surface area contributed by atoms with Crippen molar-refractivity contribution in [2.24, 2.45) is 0 Å². The molecule has 0 N–H and O–H groups in total. The topological polar surface area (TPSA) is 62.6 Å². The third-order valence-corrected chi connectivity index (χ3v) is 7.54. The van der Waals surface area contributed by atoms with E-state index in [0.29, 0.717) is 17.7 Å². The van der Waals surface area contributed by atoms with Gasteiger partial charge in [-0.3, -0.25) is 0 Å². The van der Waals surface area contributed by atoms with Gasteiger partial charge >= 0.3 is 5.97 Å². The van der Waals surface area contributed by atoms with Crippen LogP contribution < -0.4 is 9.47 Å². The van der Waals surface area contributed by atoms with Crippen LogP contribution in [0, 0.1) is 0 Å². The van der Waals surface area contributed by atoms with Crippen LogP contribution in [-0.2, 0) is 16.1 Å². The zero-order valence-corrected chi connectivity index (χ0v) is 23.6. The van der Waals surface area contributed by atoms with Crippen molar-refractivity contribution in [2.45, 2.75) is 44.8 Å². The Morgan fingerprint density at radius 3 is 2.35 bits per heavy atom. The third kappa shape index (κ3) is 6.57. The van der Waals surface area contributed by atoms with Gasteiger partial charge in [0.05, 0.1) is 19.9 Å². The van der Waals surface area contributed by atoms with Crippen LogP contribution in [0.3, 0.4) is 0 Å². The number of ether oxygens (including phenoxy) is 3. The predicted octanol–water partition coefficient (Wildman–Crippen LogP) is 8.15. The van der Waals surface area contributed by atoms with Crippen LogP contribution in [0.25, 0.3) is 28.6 Å². The van der Waals surface area contributed by atoms with E-state index in [1.165, 1.54) is 32.4 Å². The van der Waals surface area contributed by atoms with Gasteiger partial charge in [-0.25, -0.2) is 9.78 Å². The van der Waals surface area contributed by atoms with Gasteiger partial charge in [-0.1, -0.05) is 49.1 Å². The molecule has 0 amide bonds. The highest BCUT2D eigenvalue weighted by Gasteiger charge is 2.20. The van der Waals surface area contributed by atoms with Gasteiger partial charge in [0, 0.05) is 34.5 Å². The fourth-order valence-corrected chi connectivity index (χ4v) is 5.28. The Morgan fingerprint density at radius 1 is 0.950 bits per heavy atom. The molecule has 4 aromatic rings. The van der Waals surface area contributed by atoms with Gasteiger partial charge < -0.3 is 18.8 Å². The van der Waals surface area contributed by atoms with Crippen molar-refractivity contribution in [3.05, 3.63) is 95.3 Å². The molecule has 1 aliphatic carbocycles. The van der Waals surface area contributed by atoms with Crippen LogP contribution in [-0.4, -0.2) is 29.7 Å². The van der Waals surface area contributed by atoms with Crippen LogP contribution >= 0.6 is 11.6 Å². The van der Waals surface area contributed by atoms with Gasteiger partial charge in [-0.2, -0.15) is 0 Å². The van der Waals surface area contributed by atoms with Crippen LogP contribution in [0.2, 0.25) is 5.02 Å². The summed E-state index contributed by atoms with van der Waals surface area (Å²) in [6, 6.07) is 22.2. The molecule has 40 heavy (non-hydrogen) atoms. The molecule has 1 aromatic heterocycles. The molecular formula is C33H33ClN2O4. The highest BCUT2D eigenvalue weighted by atomic mass is 35.5. The summed E-state index contributed by atoms with van der Waals surface area (Å²) in [6.07, 6.45) is 11.1. The van der Waals surface area contributed by atoms with E-state index < -0.39 is 5.97 Å². The van der Waals surface area contributed by atoms with Gasteiger partial charge in [0.1, 0.15) is 23.9 Å². The Labute approximate surface area is 240 Å². The minimum absolute atomic E-state index is 0.383. The Bertz CT molecular complexity index is 1470. The third-order valence-electron chi connectivity index (χ3n) is 7.28. The number of esters is 1. The molecule has 1 aliphatic rings. The molecule has 1 saturated carbocycles. The van der Waals surface area contributed by atoms with E-state index in [2.05, 4.69) is 4.57 Å². The molecule has 0 saturated heterocycles. The van der Waals surface area contributed by atoms with Crippen LogP contribution in [0.5, 0.6) is 11.5 Å². The zero-order valence-electron chi connectivity index (χ0n) is 22.8. The number of carbonyl (C=O) groups is 1. The molecule has 0 spiro atoms. The lowest BCUT2D eigenvalue weighted by Gasteiger charge is -2.24. The van der Waals surface area contributed by atoms with Crippen LogP contribution in [0.15, 0.2) is 79.0 Å². The van der Waals surface area contributed by atoms with Crippen LogP contribution in [0.1, 0.15) is 49.4 Å². The van der Waals surface area contributed by atoms with E-state index in [4.69, 9.17) is 30.8 Å². The maximum atomic E-state index is 11.6. The van der Waals surface area contributed by atoms with E-state index in [-0.39, 0.29) is 0 Å². The lowest BCUT2D eigenvalue weighted by Crippen LogP contribution is -2.13. The molecule has 0 aliphatic heterocycles. The average Bonchev–Trinajstić information content (AvgIpc) is 3.44. The van der Waals surface area contributed by atoms with Gasteiger partial charge in [-0.15, -0.1) is 0 Å². The number of halogens is 1. The first-order chi connectivity index (χ1) is 19.5. The van der Waals surface area contributed by atoms with Crippen molar-refractivity contribution in [1.82, 2.24) is 9.55 Å². The predicted molar refractivity (Wildman–Crippen MR) is 159 cm³/mol. The second kappa shape index (κ2) is 12.9. The number of methoxy groups -OCH3 is 2. The Hall–Kier alpha value is -4.03. The summed E-state index contributed by atoms with van der Waals surface area (Å²) in [5.41, 5.74) is 4.88. The minimum atomic E-state index is -0.398. The van der Waals surface area contributed by atoms with Crippen molar-refractivity contribution in [3.8, 4) is 34.0 Å². The molecule has 6 nitrogen and oxygen atoms in total. The van der Waals surface area contributed by atoms with Crippen molar-refractivity contribution in [3.63, 3.8) is 0 Å². The molecule has 0 unspecified atom stereocenters. The first-order valence-electron chi connectivity index (χ1n) is 13.5. The highest BCUT2D eigenvalue weighted by Crippen LogP contribution is 2.34. The van der Waals surface area contributed by atoms with Gasteiger partial charge in [-0.05, 0) is 78.6 Å². The van der Waals surface area contributed by atoms with Crippen molar-refractivity contribution in [1.29, 1.82) is 0 Å².